The third-order valence-corrected chi connectivity index (χ3v) is 1.91. The van der Waals surface area contributed by atoms with Gasteiger partial charge >= 0.3 is 0 Å². The zero-order chi connectivity index (χ0) is 10.6. The monoisotopic (exact) mass is 212 g/mol. The fourth-order valence-electron chi connectivity index (χ4n) is 0.999. The first-order valence-corrected chi connectivity index (χ1v) is 4.89. The number of aldehydes is 1. The SMILES string of the molecule is CC(C)COc1ccc(Cl)cc1C=O. The van der Waals surface area contributed by atoms with Crippen LogP contribution in [-0.2, 0) is 0 Å². The standard InChI is InChI=1S/C11H13ClO2/c1-8(2)7-14-11-4-3-10(12)5-9(11)6-13/h3-6,8H,7H2,1-2H3. The van der Waals surface area contributed by atoms with Crippen LogP contribution in [0.3, 0.4) is 0 Å². The van der Waals surface area contributed by atoms with Crippen molar-refractivity contribution in [1.29, 1.82) is 0 Å². The Bertz CT molecular complexity index is 321. The summed E-state index contributed by atoms with van der Waals surface area (Å²) < 4.78 is 5.45. The maximum absolute atomic E-state index is 10.7. The molecule has 0 radical (unpaired) electrons. The Morgan fingerprint density at radius 1 is 1.50 bits per heavy atom. The smallest absolute Gasteiger partial charge is 0.153 e. The number of halogens is 1. The minimum atomic E-state index is 0.435. The zero-order valence-electron chi connectivity index (χ0n) is 8.29. The molecule has 1 aromatic carbocycles. The minimum absolute atomic E-state index is 0.435. The van der Waals surface area contributed by atoms with E-state index in [1.807, 2.05) is 0 Å². The molecule has 0 saturated carbocycles. The summed E-state index contributed by atoms with van der Waals surface area (Å²) in [4.78, 5) is 10.7. The van der Waals surface area contributed by atoms with Crippen molar-refractivity contribution in [2.75, 3.05) is 6.61 Å². The number of carbonyl (C=O) groups excluding carboxylic acids is 1. The van der Waals surface area contributed by atoms with Crippen LogP contribution >= 0.6 is 11.6 Å². The molecule has 0 aliphatic heterocycles. The molecule has 0 bridgehead atoms. The van der Waals surface area contributed by atoms with Gasteiger partial charge in [-0.15, -0.1) is 0 Å². The Balaban J connectivity index is 2.80. The van der Waals surface area contributed by atoms with Crippen molar-refractivity contribution >= 4 is 17.9 Å². The average molecular weight is 213 g/mol. The molecule has 0 unspecified atom stereocenters. The van der Waals surface area contributed by atoms with Crippen molar-refractivity contribution in [2.24, 2.45) is 5.92 Å². The van der Waals surface area contributed by atoms with Crippen LogP contribution in [0.25, 0.3) is 0 Å². The summed E-state index contributed by atoms with van der Waals surface area (Å²) >= 11 is 5.74. The van der Waals surface area contributed by atoms with E-state index < -0.39 is 0 Å². The van der Waals surface area contributed by atoms with Crippen LogP contribution in [0.1, 0.15) is 24.2 Å². The highest BCUT2D eigenvalue weighted by atomic mass is 35.5. The molecule has 3 heteroatoms. The predicted octanol–water partition coefficient (Wildman–Crippen LogP) is 3.19. The van der Waals surface area contributed by atoms with Crippen molar-refractivity contribution in [3.05, 3.63) is 28.8 Å². The molecule has 0 amide bonds. The Labute approximate surface area is 88.8 Å². The van der Waals surface area contributed by atoms with Gasteiger partial charge in [-0.05, 0) is 24.1 Å². The summed E-state index contributed by atoms with van der Waals surface area (Å²) in [5.74, 6) is 1.03. The van der Waals surface area contributed by atoms with Crippen molar-refractivity contribution in [2.45, 2.75) is 13.8 Å². The molecule has 76 valence electrons. The summed E-state index contributed by atoms with van der Waals surface area (Å²) in [7, 11) is 0. The van der Waals surface area contributed by atoms with E-state index in [0.717, 1.165) is 6.29 Å². The molecule has 0 heterocycles. The van der Waals surface area contributed by atoms with Gasteiger partial charge in [0.15, 0.2) is 6.29 Å². The normalized spacial score (nSPS) is 10.3. The van der Waals surface area contributed by atoms with E-state index >= 15 is 0 Å². The largest absolute Gasteiger partial charge is 0.493 e. The maximum atomic E-state index is 10.7. The first kappa shape index (κ1) is 11.1. The van der Waals surface area contributed by atoms with Gasteiger partial charge < -0.3 is 4.74 Å². The van der Waals surface area contributed by atoms with Crippen LogP contribution in [-0.4, -0.2) is 12.9 Å². The predicted molar refractivity (Wildman–Crippen MR) is 57.2 cm³/mol. The van der Waals surface area contributed by atoms with Crippen molar-refractivity contribution in [3.63, 3.8) is 0 Å². The number of rotatable bonds is 4. The summed E-state index contributed by atoms with van der Waals surface area (Å²) in [5.41, 5.74) is 0.498. The second-order valence-electron chi connectivity index (χ2n) is 3.50. The molecule has 0 aliphatic carbocycles. The number of carbonyl (C=O) groups is 1. The minimum Gasteiger partial charge on any atom is -0.493 e. The van der Waals surface area contributed by atoms with E-state index in [-0.39, 0.29) is 0 Å². The first-order chi connectivity index (χ1) is 6.63. The Hall–Kier alpha value is -1.02. The summed E-state index contributed by atoms with van der Waals surface area (Å²) in [5, 5.41) is 0.545. The average Bonchev–Trinajstić information content (AvgIpc) is 2.15. The Morgan fingerprint density at radius 3 is 2.79 bits per heavy atom. The van der Waals surface area contributed by atoms with Gasteiger partial charge in [-0.3, -0.25) is 4.79 Å². The van der Waals surface area contributed by atoms with Crippen LogP contribution in [0, 0.1) is 5.92 Å². The van der Waals surface area contributed by atoms with Crippen LogP contribution in [0.2, 0.25) is 5.02 Å². The van der Waals surface area contributed by atoms with Crippen molar-refractivity contribution < 1.29 is 9.53 Å². The molecule has 1 rings (SSSR count). The van der Waals surface area contributed by atoms with Gasteiger partial charge in [0.2, 0.25) is 0 Å². The third-order valence-electron chi connectivity index (χ3n) is 1.67. The van der Waals surface area contributed by atoms with E-state index in [1.54, 1.807) is 18.2 Å². The molecule has 0 atom stereocenters. The highest BCUT2D eigenvalue weighted by Gasteiger charge is 2.04. The molecule has 0 aliphatic rings. The van der Waals surface area contributed by atoms with Gasteiger partial charge in [0.05, 0.1) is 12.2 Å². The van der Waals surface area contributed by atoms with Gasteiger partial charge in [-0.1, -0.05) is 25.4 Å². The first-order valence-electron chi connectivity index (χ1n) is 4.51. The second kappa shape index (κ2) is 5.01. The topological polar surface area (TPSA) is 26.3 Å². The quantitative estimate of drug-likeness (QED) is 0.717. The second-order valence-corrected chi connectivity index (χ2v) is 3.94. The third kappa shape index (κ3) is 3.04. The lowest BCUT2D eigenvalue weighted by atomic mass is 10.2. The molecule has 0 N–H and O–H groups in total. The van der Waals surface area contributed by atoms with E-state index in [9.17, 15) is 4.79 Å². The molecular weight excluding hydrogens is 200 g/mol. The van der Waals surface area contributed by atoms with Gasteiger partial charge in [-0.2, -0.15) is 0 Å². The fourth-order valence-corrected chi connectivity index (χ4v) is 1.18. The van der Waals surface area contributed by atoms with E-state index in [0.29, 0.717) is 28.9 Å². The zero-order valence-corrected chi connectivity index (χ0v) is 9.04. The lowest BCUT2D eigenvalue weighted by Crippen LogP contribution is -2.05. The van der Waals surface area contributed by atoms with Gasteiger partial charge in [0.25, 0.3) is 0 Å². The molecule has 14 heavy (non-hydrogen) atoms. The fraction of sp³-hybridized carbons (Fsp3) is 0.364. The van der Waals surface area contributed by atoms with Gasteiger partial charge in [0, 0.05) is 5.02 Å². The van der Waals surface area contributed by atoms with Crippen LogP contribution in [0.15, 0.2) is 18.2 Å². The highest BCUT2D eigenvalue weighted by Crippen LogP contribution is 2.21. The molecule has 0 spiro atoms. The van der Waals surface area contributed by atoms with Crippen molar-refractivity contribution in [1.82, 2.24) is 0 Å². The number of hydrogen-bond acceptors (Lipinski definition) is 2. The number of benzene rings is 1. The Morgan fingerprint density at radius 2 is 2.21 bits per heavy atom. The molecule has 0 saturated heterocycles. The lowest BCUT2D eigenvalue weighted by Gasteiger charge is -2.10. The maximum Gasteiger partial charge on any atom is 0.153 e. The highest BCUT2D eigenvalue weighted by molar-refractivity contribution is 6.30. The van der Waals surface area contributed by atoms with Gasteiger partial charge in [0.1, 0.15) is 5.75 Å². The molecule has 0 fully saturated rings. The molecule has 2 nitrogen and oxygen atoms in total. The van der Waals surface area contributed by atoms with E-state index in [2.05, 4.69) is 13.8 Å². The van der Waals surface area contributed by atoms with Crippen molar-refractivity contribution in [3.8, 4) is 5.75 Å². The molecular formula is C11H13ClO2. The summed E-state index contributed by atoms with van der Waals surface area (Å²) in [6, 6.07) is 5.03. The summed E-state index contributed by atoms with van der Waals surface area (Å²) in [6.45, 7) is 4.70. The number of ether oxygens (including phenoxy) is 1. The molecule has 1 aromatic rings. The van der Waals surface area contributed by atoms with Crippen LogP contribution in [0.5, 0.6) is 5.75 Å². The van der Waals surface area contributed by atoms with Gasteiger partial charge in [-0.25, -0.2) is 0 Å². The van der Waals surface area contributed by atoms with Crippen LogP contribution < -0.4 is 4.74 Å². The van der Waals surface area contributed by atoms with E-state index in [1.165, 1.54) is 0 Å². The Kier molecular flexibility index (Phi) is 3.96. The lowest BCUT2D eigenvalue weighted by molar-refractivity contribution is 0.111. The summed E-state index contributed by atoms with van der Waals surface area (Å²) in [6.07, 6.45) is 0.752. The molecule has 0 aromatic heterocycles. The van der Waals surface area contributed by atoms with Crippen LogP contribution in [0.4, 0.5) is 0 Å². The number of hydrogen-bond donors (Lipinski definition) is 0. The van der Waals surface area contributed by atoms with E-state index in [4.69, 9.17) is 16.3 Å².